The summed E-state index contributed by atoms with van der Waals surface area (Å²) in [5.74, 6) is 0.0321. The van der Waals surface area contributed by atoms with Crippen LogP contribution in [0.1, 0.15) is 50.6 Å². The van der Waals surface area contributed by atoms with Crippen molar-refractivity contribution >= 4 is 16.7 Å². The number of rotatable bonds is 7. The number of fused-ring (bicyclic) bond motifs is 1. The SMILES string of the molecule is CC(NC(=O)CN(CCO)C1CCCCC1)c1ccc2ccccc2c1. The maximum Gasteiger partial charge on any atom is 0.234 e. The van der Waals surface area contributed by atoms with Crippen molar-refractivity contribution in [1.82, 2.24) is 10.2 Å². The Kier molecular flexibility index (Phi) is 6.64. The summed E-state index contributed by atoms with van der Waals surface area (Å²) in [7, 11) is 0. The number of amides is 1. The molecule has 1 fully saturated rings. The lowest BCUT2D eigenvalue weighted by atomic mass is 9.94. The van der Waals surface area contributed by atoms with Crippen LogP contribution in [-0.4, -0.2) is 41.7 Å². The maximum atomic E-state index is 12.6. The van der Waals surface area contributed by atoms with Crippen molar-refractivity contribution in [3.05, 3.63) is 48.0 Å². The summed E-state index contributed by atoms with van der Waals surface area (Å²) in [6.07, 6.45) is 6.00. The number of hydrogen-bond donors (Lipinski definition) is 2. The number of aliphatic hydroxyl groups is 1. The summed E-state index contributed by atoms with van der Waals surface area (Å²) in [5, 5.41) is 14.9. The molecule has 0 heterocycles. The molecule has 0 saturated heterocycles. The predicted molar refractivity (Wildman–Crippen MR) is 106 cm³/mol. The molecule has 1 aliphatic rings. The molecule has 1 unspecified atom stereocenters. The molecule has 2 N–H and O–H groups in total. The zero-order valence-electron chi connectivity index (χ0n) is 15.7. The van der Waals surface area contributed by atoms with E-state index in [-0.39, 0.29) is 18.6 Å². The van der Waals surface area contributed by atoms with E-state index in [1.165, 1.54) is 30.0 Å². The highest BCUT2D eigenvalue weighted by molar-refractivity contribution is 5.83. The Balaban J connectivity index is 1.61. The Hall–Kier alpha value is -1.91. The first kappa shape index (κ1) is 18.9. The van der Waals surface area contributed by atoms with Gasteiger partial charge in [0.2, 0.25) is 5.91 Å². The van der Waals surface area contributed by atoms with E-state index >= 15 is 0 Å². The van der Waals surface area contributed by atoms with Gasteiger partial charge >= 0.3 is 0 Å². The van der Waals surface area contributed by atoms with Crippen molar-refractivity contribution in [2.75, 3.05) is 19.7 Å². The van der Waals surface area contributed by atoms with Crippen LogP contribution in [0.25, 0.3) is 10.8 Å². The first-order valence-electron chi connectivity index (χ1n) is 9.80. The number of carbonyl (C=O) groups is 1. The number of hydrogen-bond acceptors (Lipinski definition) is 3. The fourth-order valence-electron chi connectivity index (χ4n) is 4.00. The molecule has 1 saturated carbocycles. The fraction of sp³-hybridized carbons (Fsp3) is 0.500. The topological polar surface area (TPSA) is 52.6 Å². The molecule has 0 aliphatic heterocycles. The van der Waals surface area contributed by atoms with Crippen LogP contribution < -0.4 is 5.32 Å². The molecule has 1 amide bonds. The molecule has 3 rings (SSSR count). The Labute approximate surface area is 156 Å². The number of nitrogens with one attached hydrogen (secondary N) is 1. The standard InChI is InChI=1S/C22H30N2O2/c1-17(19-12-11-18-7-5-6-8-20(18)15-19)23-22(26)16-24(13-14-25)21-9-3-2-4-10-21/h5-8,11-12,15,17,21,25H,2-4,9-10,13-14,16H2,1H3,(H,23,26). The van der Waals surface area contributed by atoms with Gasteiger partial charge in [-0.05, 0) is 42.2 Å². The fourth-order valence-corrected chi connectivity index (χ4v) is 4.00. The second-order valence-electron chi connectivity index (χ2n) is 7.38. The van der Waals surface area contributed by atoms with Gasteiger partial charge in [0.25, 0.3) is 0 Å². The lowest BCUT2D eigenvalue weighted by Crippen LogP contribution is -2.45. The van der Waals surface area contributed by atoms with Gasteiger partial charge < -0.3 is 10.4 Å². The van der Waals surface area contributed by atoms with Gasteiger partial charge in [-0.1, -0.05) is 55.7 Å². The smallest absolute Gasteiger partial charge is 0.234 e. The average molecular weight is 354 g/mol. The van der Waals surface area contributed by atoms with Gasteiger partial charge in [-0.2, -0.15) is 0 Å². The third-order valence-electron chi connectivity index (χ3n) is 5.48. The predicted octanol–water partition coefficient (Wildman–Crippen LogP) is 3.64. The van der Waals surface area contributed by atoms with Gasteiger partial charge in [0.05, 0.1) is 19.2 Å². The van der Waals surface area contributed by atoms with E-state index < -0.39 is 0 Å². The third-order valence-corrected chi connectivity index (χ3v) is 5.48. The molecule has 0 spiro atoms. The van der Waals surface area contributed by atoms with Crippen molar-refractivity contribution in [2.24, 2.45) is 0 Å². The van der Waals surface area contributed by atoms with Crippen LogP contribution in [0.4, 0.5) is 0 Å². The van der Waals surface area contributed by atoms with E-state index in [0.29, 0.717) is 19.1 Å². The van der Waals surface area contributed by atoms with Crippen LogP contribution in [0.5, 0.6) is 0 Å². The molecule has 0 aromatic heterocycles. The van der Waals surface area contributed by atoms with Gasteiger partial charge in [0, 0.05) is 12.6 Å². The molecular weight excluding hydrogens is 324 g/mol. The van der Waals surface area contributed by atoms with Crippen LogP contribution in [0.15, 0.2) is 42.5 Å². The summed E-state index contributed by atoms with van der Waals surface area (Å²) < 4.78 is 0. The summed E-state index contributed by atoms with van der Waals surface area (Å²) in [6, 6.07) is 15.0. The minimum Gasteiger partial charge on any atom is -0.395 e. The summed E-state index contributed by atoms with van der Waals surface area (Å²) >= 11 is 0. The van der Waals surface area contributed by atoms with Crippen molar-refractivity contribution in [1.29, 1.82) is 0 Å². The van der Waals surface area contributed by atoms with E-state index in [1.807, 2.05) is 19.1 Å². The van der Waals surface area contributed by atoms with Crippen LogP contribution in [-0.2, 0) is 4.79 Å². The number of nitrogens with zero attached hydrogens (tertiary/aromatic N) is 1. The molecular formula is C22H30N2O2. The van der Waals surface area contributed by atoms with Crippen LogP contribution in [0, 0.1) is 0 Å². The molecule has 0 radical (unpaired) electrons. The molecule has 1 aliphatic carbocycles. The monoisotopic (exact) mass is 354 g/mol. The zero-order valence-corrected chi connectivity index (χ0v) is 15.7. The van der Waals surface area contributed by atoms with E-state index in [0.717, 1.165) is 18.4 Å². The minimum absolute atomic E-state index is 0.0321. The van der Waals surface area contributed by atoms with Gasteiger partial charge in [-0.25, -0.2) is 0 Å². The Morgan fingerprint density at radius 1 is 1.15 bits per heavy atom. The summed E-state index contributed by atoms with van der Waals surface area (Å²) in [6.45, 7) is 3.06. The molecule has 140 valence electrons. The largest absolute Gasteiger partial charge is 0.395 e. The molecule has 1 atom stereocenters. The van der Waals surface area contributed by atoms with Gasteiger partial charge in [0.15, 0.2) is 0 Å². The van der Waals surface area contributed by atoms with E-state index in [4.69, 9.17) is 0 Å². The van der Waals surface area contributed by atoms with Crippen molar-refractivity contribution in [3.63, 3.8) is 0 Å². The van der Waals surface area contributed by atoms with Crippen molar-refractivity contribution < 1.29 is 9.90 Å². The quantitative estimate of drug-likeness (QED) is 0.798. The Bertz CT molecular complexity index is 725. The van der Waals surface area contributed by atoms with Crippen molar-refractivity contribution in [3.8, 4) is 0 Å². The number of benzene rings is 2. The summed E-state index contributed by atoms with van der Waals surface area (Å²) in [4.78, 5) is 14.7. The minimum atomic E-state index is -0.0329. The van der Waals surface area contributed by atoms with E-state index in [9.17, 15) is 9.90 Å². The first-order valence-corrected chi connectivity index (χ1v) is 9.80. The second kappa shape index (κ2) is 9.15. The van der Waals surface area contributed by atoms with E-state index in [1.54, 1.807) is 0 Å². The highest BCUT2D eigenvalue weighted by Gasteiger charge is 2.23. The zero-order chi connectivity index (χ0) is 18.4. The lowest BCUT2D eigenvalue weighted by Gasteiger charge is -2.33. The van der Waals surface area contributed by atoms with Crippen LogP contribution in [0.3, 0.4) is 0 Å². The normalized spacial score (nSPS) is 16.7. The van der Waals surface area contributed by atoms with E-state index in [2.05, 4.69) is 40.5 Å². The maximum absolute atomic E-state index is 12.6. The third kappa shape index (κ3) is 4.83. The molecule has 2 aromatic carbocycles. The number of aliphatic hydroxyl groups excluding tert-OH is 1. The molecule has 2 aromatic rings. The molecule has 26 heavy (non-hydrogen) atoms. The average Bonchev–Trinajstić information content (AvgIpc) is 2.68. The second-order valence-corrected chi connectivity index (χ2v) is 7.38. The van der Waals surface area contributed by atoms with Gasteiger partial charge in [-0.15, -0.1) is 0 Å². The van der Waals surface area contributed by atoms with Gasteiger partial charge in [0.1, 0.15) is 0 Å². The Morgan fingerprint density at radius 2 is 1.88 bits per heavy atom. The lowest BCUT2D eigenvalue weighted by molar-refractivity contribution is -0.123. The van der Waals surface area contributed by atoms with Crippen LogP contribution in [0.2, 0.25) is 0 Å². The molecule has 4 nitrogen and oxygen atoms in total. The Morgan fingerprint density at radius 3 is 2.62 bits per heavy atom. The molecule has 4 heteroatoms. The highest BCUT2D eigenvalue weighted by atomic mass is 16.3. The molecule has 0 bridgehead atoms. The first-order chi connectivity index (χ1) is 12.7. The highest BCUT2D eigenvalue weighted by Crippen LogP contribution is 2.23. The number of carbonyl (C=O) groups excluding carboxylic acids is 1. The van der Waals surface area contributed by atoms with Crippen LogP contribution >= 0.6 is 0 Å². The van der Waals surface area contributed by atoms with Crippen molar-refractivity contribution in [2.45, 2.75) is 51.1 Å². The van der Waals surface area contributed by atoms with Gasteiger partial charge in [-0.3, -0.25) is 9.69 Å². The summed E-state index contributed by atoms with van der Waals surface area (Å²) in [5.41, 5.74) is 1.11.